The molecule has 1 aliphatic carbocycles. The maximum Gasteiger partial charge on any atom is 0.247 e. The second-order valence-electron chi connectivity index (χ2n) is 8.83. The van der Waals surface area contributed by atoms with Crippen LogP contribution in [0.1, 0.15) is 50.3 Å². The fourth-order valence-electron chi connectivity index (χ4n) is 4.92. The molecule has 0 radical (unpaired) electrons. The van der Waals surface area contributed by atoms with Crippen LogP contribution in [0.3, 0.4) is 0 Å². The van der Waals surface area contributed by atoms with Crippen molar-refractivity contribution in [2.45, 2.75) is 56.0 Å². The van der Waals surface area contributed by atoms with Crippen LogP contribution < -0.4 is 10.6 Å². The molecule has 8 nitrogen and oxygen atoms in total. The highest BCUT2D eigenvalue weighted by molar-refractivity contribution is 8.00. The van der Waals surface area contributed by atoms with Gasteiger partial charge in [-0.2, -0.15) is 0 Å². The second kappa shape index (κ2) is 9.62. The first-order valence-corrected chi connectivity index (χ1v) is 12.6. The molecule has 1 saturated carbocycles. The molecule has 0 bridgehead atoms. The number of aromatic nitrogens is 2. The SMILES string of the molecule is O=C1NC(SCC(=O)N2CCC(c3nnc(-c4ccccc4)o3)CC2)NC2CCCCC12. The summed E-state index contributed by atoms with van der Waals surface area (Å²) in [6.07, 6.45) is 5.92. The summed E-state index contributed by atoms with van der Waals surface area (Å²) in [5, 5.41) is 15.0. The lowest BCUT2D eigenvalue weighted by Crippen LogP contribution is -2.61. The predicted molar refractivity (Wildman–Crippen MR) is 122 cm³/mol. The number of hydrogen-bond acceptors (Lipinski definition) is 7. The molecule has 3 heterocycles. The van der Waals surface area contributed by atoms with Crippen LogP contribution in [0, 0.1) is 5.92 Å². The summed E-state index contributed by atoms with van der Waals surface area (Å²) in [7, 11) is 0. The van der Waals surface area contributed by atoms with Gasteiger partial charge in [0.1, 0.15) is 5.50 Å². The zero-order valence-corrected chi connectivity index (χ0v) is 18.9. The van der Waals surface area contributed by atoms with Crippen molar-refractivity contribution in [3.63, 3.8) is 0 Å². The van der Waals surface area contributed by atoms with Gasteiger partial charge in [-0.1, -0.05) is 31.0 Å². The molecular weight excluding hydrogens is 426 g/mol. The minimum Gasteiger partial charge on any atom is -0.420 e. The Morgan fingerprint density at radius 2 is 1.88 bits per heavy atom. The van der Waals surface area contributed by atoms with E-state index < -0.39 is 0 Å². The minimum atomic E-state index is -0.182. The van der Waals surface area contributed by atoms with Crippen LogP contribution in [0.4, 0.5) is 0 Å². The lowest BCUT2D eigenvalue weighted by Gasteiger charge is -2.40. The molecule has 2 N–H and O–H groups in total. The fraction of sp³-hybridized carbons (Fsp3) is 0.565. The van der Waals surface area contributed by atoms with Gasteiger partial charge in [-0.05, 0) is 37.8 Å². The summed E-state index contributed by atoms with van der Waals surface area (Å²) in [6.45, 7) is 1.37. The maximum atomic E-state index is 12.8. The third-order valence-corrected chi connectivity index (χ3v) is 7.77. The molecule has 5 rings (SSSR count). The van der Waals surface area contributed by atoms with Crippen LogP contribution in [0.15, 0.2) is 34.7 Å². The number of carbonyl (C=O) groups is 2. The third-order valence-electron chi connectivity index (χ3n) is 6.77. The van der Waals surface area contributed by atoms with Gasteiger partial charge < -0.3 is 14.6 Å². The summed E-state index contributed by atoms with van der Waals surface area (Å²) in [4.78, 5) is 27.0. The molecule has 2 saturated heterocycles. The molecule has 2 aromatic rings. The molecule has 1 aromatic carbocycles. The summed E-state index contributed by atoms with van der Waals surface area (Å²) in [6, 6.07) is 10.0. The first-order chi connectivity index (χ1) is 15.7. The van der Waals surface area contributed by atoms with E-state index in [0.29, 0.717) is 30.6 Å². The van der Waals surface area contributed by atoms with Gasteiger partial charge in [0, 0.05) is 30.6 Å². The Morgan fingerprint density at radius 1 is 1.09 bits per heavy atom. The number of carbonyl (C=O) groups excluding carboxylic acids is 2. The Labute approximate surface area is 191 Å². The van der Waals surface area contributed by atoms with Crippen LogP contribution in [-0.2, 0) is 9.59 Å². The molecule has 3 unspecified atom stereocenters. The highest BCUT2D eigenvalue weighted by atomic mass is 32.2. The van der Waals surface area contributed by atoms with Gasteiger partial charge in [-0.3, -0.25) is 14.9 Å². The molecule has 3 atom stereocenters. The van der Waals surface area contributed by atoms with Gasteiger partial charge in [0.15, 0.2) is 0 Å². The Kier molecular flexibility index (Phi) is 6.45. The largest absolute Gasteiger partial charge is 0.420 e. The van der Waals surface area contributed by atoms with E-state index in [0.717, 1.165) is 37.7 Å². The van der Waals surface area contributed by atoms with E-state index in [1.54, 1.807) is 0 Å². The van der Waals surface area contributed by atoms with Crippen molar-refractivity contribution in [3.8, 4) is 11.5 Å². The summed E-state index contributed by atoms with van der Waals surface area (Å²) in [5.41, 5.74) is 0.733. The average molecular weight is 456 g/mol. The number of piperidine rings is 1. The molecule has 2 aliphatic heterocycles. The van der Waals surface area contributed by atoms with Crippen molar-refractivity contribution in [3.05, 3.63) is 36.2 Å². The summed E-state index contributed by atoms with van der Waals surface area (Å²) < 4.78 is 5.91. The summed E-state index contributed by atoms with van der Waals surface area (Å²) >= 11 is 1.48. The summed E-state index contributed by atoms with van der Waals surface area (Å²) in [5.74, 6) is 2.07. The number of likely N-dealkylation sites (tertiary alicyclic amines) is 1. The predicted octanol–water partition coefficient (Wildman–Crippen LogP) is 2.74. The standard InChI is InChI=1S/C23H29N5O3S/c29-19(14-32-23-24-18-9-5-4-8-17(18)20(30)25-23)28-12-10-16(11-13-28)22-27-26-21(31-22)15-6-2-1-3-7-15/h1-3,6-7,16-18,23-24H,4-5,8-14H2,(H,25,30). The van der Waals surface area contributed by atoms with E-state index in [-0.39, 0.29) is 35.2 Å². The quantitative estimate of drug-likeness (QED) is 0.715. The minimum absolute atomic E-state index is 0.0856. The Hall–Kier alpha value is -2.39. The van der Waals surface area contributed by atoms with E-state index in [1.807, 2.05) is 35.2 Å². The van der Waals surface area contributed by atoms with Gasteiger partial charge in [0.25, 0.3) is 0 Å². The van der Waals surface area contributed by atoms with Crippen molar-refractivity contribution >= 4 is 23.6 Å². The molecule has 9 heteroatoms. The van der Waals surface area contributed by atoms with Crippen LogP contribution in [-0.4, -0.2) is 57.3 Å². The van der Waals surface area contributed by atoms with Crippen LogP contribution in [0.2, 0.25) is 0 Å². The first kappa shape index (κ1) is 21.5. The molecule has 1 aromatic heterocycles. The zero-order valence-electron chi connectivity index (χ0n) is 18.0. The monoisotopic (exact) mass is 455 g/mol. The molecular formula is C23H29N5O3S. The smallest absolute Gasteiger partial charge is 0.247 e. The molecule has 3 fully saturated rings. The number of thioether (sulfide) groups is 1. The van der Waals surface area contributed by atoms with Gasteiger partial charge >= 0.3 is 0 Å². The molecule has 2 amide bonds. The highest BCUT2D eigenvalue weighted by Crippen LogP contribution is 2.31. The van der Waals surface area contributed by atoms with Crippen molar-refractivity contribution in [1.82, 2.24) is 25.7 Å². The Bertz CT molecular complexity index is 944. The number of rotatable bonds is 5. The van der Waals surface area contributed by atoms with Gasteiger partial charge in [-0.25, -0.2) is 0 Å². The third kappa shape index (κ3) is 4.68. The zero-order chi connectivity index (χ0) is 21.9. The Balaban J connectivity index is 1.09. The molecule has 32 heavy (non-hydrogen) atoms. The highest BCUT2D eigenvalue weighted by Gasteiger charge is 2.37. The maximum absolute atomic E-state index is 12.8. The number of nitrogens with zero attached hydrogens (tertiary/aromatic N) is 3. The van der Waals surface area contributed by atoms with Gasteiger partial charge in [0.2, 0.25) is 23.6 Å². The van der Waals surface area contributed by atoms with Crippen molar-refractivity contribution < 1.29 is 14.0 Å². The van der Waals surface area contributed by atoms with Crippen LogP contribution in [0.5, 0.6) is 0 Å². The normalized spacial score (nSPS) is 26.4. The van der Waals surface area contributed by atoms with E-state index in [9.17, 15) is 9.59 Å². The Morgan fingerprint density at radius 3 is 2.69 bits per heavy atom. The molecule has 0 spiro atoms. The van der Waals surface area contributed by atoms with Gasteiger partial charge in [-0.15, -0.1) is 22.0 Å². The van der Waals surface area contributed by atoms with E-state index in [2.05, 4.69) is 20.8 Å². The lowest BCUT2D eigenvalue weighted by molar-refractivity contribution is -0.130. The van der Waals surface area contributed by atoms with Crippen molar-refractivity contribution in [2.75, 3.05) is 18.8 Å². The van der Waals surface area contributed by atoms with E-state index in [1.165, 1.54) is 18.2 Å². The van der Waals surface area contributed by atoms with Gasteiger partial charge in [0.05, 0.1) is 11.7 Å². The number of benzene rings is 1. The van der Waals surface area contributed by atoms with Crippen molar-refractivity contribution in [1.29, 1.82) is 0 Å². The van der Waals surface area contributed by atoms with Crippen LogP contribution in [0.25, 0.3) is 11.5 Å². The molecule has 170 valence electrons. The topological polar surface area (TPSA) is 100 Å². The number of fused-ring (bicyclic) bond motifs is 1. The fourth-order valence-corrected chi connectivity index (χ4v) is 5.89. The number of nitrogens with one attached hydrogen (secondary N) is 2. The average Bonchev–Trinajstić information content (AvgIpc) is 3.34. The number of hydrogen-bond donors (Lipinski definition) is 2. The molecule has 3 aliphatic rings. The number of amides is 2. The van der Waals surface area contributed by atoms with Crippen LogP contribution >= 0.6 is 11.8 Å². The lowest BCUT2D eigenvalue weighted by atomic mass is 9.83. The first-order valence-electron chi connectivity index (χ1n) is 11.5. The van der Waals surface area contributed by atoms with E-state index in [4.69, 9.17) is 4.42 Å². The van der Waals surface area contributed by atoms with E-state index >= 15 is 0 Å². The second-order valence-corrected chi connectivity index (χ2v) is 9.92. The van der Waals surface area contributed by atoms with Crippen molar-refractivity contribution in [2.24, 2.45) is 5.92 Å².